The Morgan fingerprint density at radius 2 is 1.95 bits per heavy atom. The lowest BCUT2D eigenvalue weighted by molar-refractivity contribution is 0.0250. The number of nitrogens with zero attached hydrogens (tertiary/aromatic N) is 1. The first kappa shape index (κ1) is 20.1. The summed E-state index contributed by atoms with van der Waals surface area (Å²) in [6.45, 7) is 2.72. The van der Waals surface area contributed by atoms with Gasteiger partial charge in [-0.05, 0) is 31.9 Å². The van der Waals surface area contributed by atoms with Crippen LogP contribution in [0.5, 0.6) is 0 Å². The van der Waals surface area contributed by atoms with Crippen molar-refractivity contribution in [1.82, 2.24) is 0 Å². The molecule has 0 unspecified atom stereocenters. The number of carbonyl (C=O) groups excluding carboxylic acids is 1. The van der Waals surface area contributed by atoms with Gasteiger partial charge in [0.15, 0.2) is 5.78 Å². The van der Waals surface area contributed by atoms with E-state index in [1.165, 1.54) is 13.0 Å². The maximum atomic E-state index is 13.8. The standard InChI is InChI=1S/C14H19FN2O2.2ClH/c1-10(18)13-11(15)3-2-4-12(13)17-7-5-14(19,9-16)6-8-17;;/h2-4,19H,5-9,16H2,1H3;2*1H. The normalized spacial score (nSPS) is 16.7. The van der Waals surface area contributed by atoms with E-state index >= 15 is 0 Å². The number of piperidine rings is 1. The minimum Gasteiger partial charge on any atom is -0.388 e. The molecule has 1 heterocycles. The van der Waals surface area contributed by atoms with Crippen molar-refractivity contribution in [3.63, 3.8) is 0 Å². The number of halogens is 3. The van der Waals surface area contributed by atoms with Crippen molar-refractivity contribution in [3.05, 3.63) is 29.6 Å². The summed E-state index contributed by atoms with van der Waals surface area (Å²) in [5.41, 5.74) is 5.44. The van der Waals surface area contributed by atoms with Gasteiger partial charge in [0, 0.05) is 19.6 Å². The fourth-order valence-corrected chi connectivity index (χ4v) is 2.49. The molecule has 21 heavy (non-hydrogen) atoms. The fraction of sp³-hybridized carbons (Fsp3) is 0.500. The molecule has 1 aromatic rings. The molecule has 0 bridgehead atoms. The Hall–Kier alpha value is -0.880. The Balaban J connectivity index is 0.00000200. The molecule has 2 rings (SSSR count). The van der Waals surface area contributed by atoms with Gasteiger partial charge >= 0.3 is 0 Å². The third-order valence-corrected chi connectivity index (χ3v) is 3.76. The van der Waals surface area contributed by atoms with E-state index in [-0.39, 0.29) is 42.7 Å². The van der Waals surface area contributed by atoms with E-state index < -0.39 is 11.4 Å². The predicted molar refractivity (Wildman–Crippen MR) is 86.4 cm³/mol. The Morgan fingerprint density at radius 3 is 2.43 bits per heavy atom. The number of rotatable bonds is 3. The summed E-state index contributed by atoms with van der Waals surface area (Å²) in [5.74, 6) is -0.780. The van der Waals surface area contributed by atoms with E-state index in [9.17, 15) is 14.3 Å². The molecule has 0 atom stereocenters. The van der Waals surface area contributed by atoms with Gasteiger partial charge < -0.3 is 15.7 Å². The molecule has 0 spiro atoms. The largest absolute Gasteiger partial charge is 0.388 e. The van der Waals surface area contributed by atoms with E-state index in [0.717, 1.165) is 0 Å². The van der Waals surface area contributed by atoms with Gasteiger partial charge in [0.1, 0.15) is 5.82 Å². The van der Waals surface area contributed by atoms with Crippen LogP contribution in [-0.4, -0.2) is 36.1 Å². The number of benzene rings is 1. The molecular weight excluding hydrogens is 318 g/mol. The fourth-order valence-electron chi connectivity index (χ4n) is 2.49. The highest BCUT2D eigenvalue weighted by atomic mass is 35.5. The zero-order chi connectivity index (χ0) is 14.0. The molecule has 1 aromatic carbocycles. The van der Waals surface area contributed by atoms with Crippen molar-refractivity contribution in [3.8, 4) is 0 Å². The number of hydrogen-bond donors (Lipinski definition) is 2. The SMILES string of the molecule is CC(=O)c1c(F)cccc1N1CCC(O)(CN)CC1.Cl.Cl. The Kier molecular flexibility index (Phi) is 7.61. The van der Waals surface area contributed by atoms with Crippen LogP contribution in [0.4, 0.5) is 10.1 Å². The smallest absolute Gasteiger partial charge is 0.164 e. The lowest BCUT2D eigenvalue weighted by Crippen LogP contribution is -2.49. The highest BCUT2D eigenvalue weighted by molar-refractivity contribution is 6.00. The molecule has 120 valence electrons. The van der Waals surface area contributed by atoms with Crippen molar-refractivity contribution < 1.29 is 14.3 Å². The summed E-state index contributed by atoms with van der Waals surface area (Å²) in [4.78, 5) is 13.5. The molecule has 7 heteroatoms. The first-order chi connectivity index (χ1) is 8.97. The molecule has 0 amide bonds. The molecule has 0 saturated carbocycles. The van der Waals surface area contributed by atoms with Gasteiger partial charge in [0.2, 0.25) is 0 Å². The van der Waals surface area contributed by atoms with Crippen LogP contribution in [-0.2, 0) is 0 Å². The van der Waals surface area contributed by atoms with Crippen LogP contribution in [0.25, 0.3) is 0 Å². The predicted octanol–water partition coefficient (Wildman–Crippen LogP) is 2.16. The van der Waals surface area contributed by atoms with E-state index in [1.807, 2.05) is 4.90 Å². The molecule has 0 radical (unpaired) electrons. The summed E-state index contributed by atoms with van der Waals surface area (Å²) in [6, 6.07) is 4.63. The van der Waals surface area contributed by atoms with Crippen molar-refractivity contribution in [2.75, 3.05) is 24.5 Å². The van der Waals surface area contributed by atoms with Gasteiger partial charge in [-0.15, -0.1) is 24.8 Å². The van der Waals surface area contributed by atoms with Crippen molar-refractivity contribution in [2.45, 2.75) is 25.4 Å². The number of ketones is 1. The van der Waals surface area contributed by atoms with Crippen LogP contribution in [0, 0.1) is 5.82 Å². The molecular formula is C14H21Cl2FN2O2. The highest BCUT2D eigenvalue weighted by Gasteiger charge is 2.32. The molecule has 1 fully saturated rings. The lowest BCUT2D eigenvalue weighted by Gasteiger charge is -2.39. The number of nitrogens with two attached hydrogens (primary N) is 1. The molecule has 1 aliphatic heterocycles. The Morgan fingerprint density at radius 1 is 1.38 bits per heavy atom. The first-order valence-corrected chi connectivity index (χ1v) is 6.44. The highest BCUT2D eigenvalue weighted by Crippen LogP contribution is 2.29. The topological polar surface area (TPSA) is 66.6 Å². The van der Waals surface area contributed by atoms with Crippen molar-refractivity contribution in [2.24, 2.45) is 5.73 Å². The summed E-state index contributed by atoms with van der Waals surface area (Å²) in [7, 11) is 0. The minimum atomic E-state index is -0.833. The third kappa shape index (κ3) is 4.30. The first-order valence-electron chi connectivity index (χ1n) is 6.44. The number of anilines is 1. The monoisotopic (exact) mass is 338 g/mol. The van der Waals surface area contributed by atoms with Gasteiger partial charge in [-0.25, -0.2) is 4.39 Å². The van der Waals surface area contributed by atoms with Crippen LogP contribution < -0.4 is 10.6 Å². The third-order valence-electron chi connectivity index (χ3n) is 3.76. The number of Topliss-reactive ketones (excluding diaryl/α,β-unsaturated/α-hetero) is 1. The second-order valence-electron chi connectivity index (χ2n) is 5.11. The second kappa shape index (κ2) is 7.94. The van der Waals surface area contributed by atoms with Crippen LogP contribution in [0.3, 0.4) is 0 Å². The van der Waals surface area contributed by atoms with Crippen LogP contribution in [0.2, 0.25) is 0 Å². The Bertz CT molecular complexity index is 492. The van der Waals surface area contributed by atoms with E-state index in [1.54, 1.807) is 12.1 Å². The van der Waals surface area contributed by atoms with Gasteiger partial charge in [-0.2, -0.15) is 0 Å². The summed E-state index contributed by atoms with van der Waals surface area (Å²) in [5, 5.41) is 10.1. The summed E-state index contributed by atoms with van der Waals surface area (Å²) < 4.78 is 13.8. The molecule has 4 nitrogen and oxygen atoms in total. The molecule has 3 N–H and O–H groups in total. The zero-order valence-corrected chi connectivity index (χ0v) is 13.5. The number of carbonyl (C=O) groups is 1. The van der Waals surface area contributed by atoms with Gasteiger partial charge in [0.25, 0.3) is 0 Å². The average Bonchev–Trinajstić information content (AvgIpc) is 2.39. The average molecular weight is 339 g/mol. The quantitative estimate of drug-likeness (QED) is 0.829. The molecule has 1 saturated heterocycles. The van der Waals surface area contributed by atoms with Crippen LogP contribution in [0.1, 0.15) is 30.1 Å². The molecule has 0 aliphatic carbocycles. The Labute approximate surface area is 136 Å². The van der Waals surface area contributed by atoms with E-state index in [4.69, 9.17) is 5.73 Å². The maximum Gasteiger partial charge on any atom is 0.164 e. The van der Waals surface area contributed by atoms with Gasteiger partial charge in [0.05, 0.1) is 16.9 Å². The molecule has 1 aliphatic rings. The van der Waals surface area contributed by atoms with Crippen molar-refractivity contribution >= 4 is 36.3 Å². The number of hydrogen-bond acceptors (Lipinski definition) is 4. The van der Waals surface area contributed by atoms with Crippen LogP contribution in [0.15, 0.2) is 18.2 Å². The van der Waals surface area contributed by atoms with Gasteiger partial charge in [-0.1, -0.05) is 6.07 Å². The van der Waals surface area contributed by atoms with Gasteiger partial charge in [-0.3, -0.25) is 4.79 Å². The zero-order valence-electron chi connectivity index (χ0n) is 11.8. The molecule has 0 aromatic heterocycles. The maximum absolute atomic E-state index is 13.8. The summed E-state index contributed by atoms with van der Waals surface area (Å²) >= 11 is 0. The van der Waals surface area contributed by atoms with E-state index in [0.29, 0.717) is 31.6 Å². The second-order valence-corrected chi connectivity index (χ2v) is 5.11. The van der Waals surface area contributed by atoms with Crippen LogP contribution >= 0.6 is 24.8 Å². The minimum absolute atomic E-state index is 0. The summed E-state index contributed by atoms with van der Waals surface area (Å²) in [6.07, 6.45) is 1.05. The van der Waals surface area contributed by atoms with E-state index in [2.05, 4.69) is 0 Å². The van der Waals surface area contributed by atoms with Crippen molar-refractivity contribution in [1.29, 1.82) is 0 Å². The number of aliphatic hydroxyl groups is 1. The lowest BCUT2D eigenvalue weighted by atomic mass is 9.91.